The molecule has 0 aromatic carbocycles. The molecule has 0 fully saturated rings. The summed E-state index contributed by atoms with van der Waals surface area (Å²) in [5.41, 5.74) is -0.853. The number of ether oxygens (including phenoxy) is 1. The van der Waals surface area contributed by atoms with E-state index in [1.165, 1.54) is 20.1 Å². The molecule has 0 aliphatic heterocycles. The van der Waals surface area contributed by atoms with E-state index in [0.29, 0.717) is 0 Å². The van der Waals surface area contributed by atoms with Gasteiger partial charge in [-0.2, -0.15) is 0 Å². The molecule has 0 radical (unpaired) electrons. The molecule has 1 heterocycles. The number of furan rings is 1. The molecule has 1 rings (SSSR count). The molecule has 1 aromatic heterocycles. The molecular formula is C12H17O7P. The highest BCUT2D eigenvalue weighted by Crippen LogP contribution is 2.51. The van der Waals surface area contributed by atoms with Crippen LogP contribution in [0.3, 0.4) is 0 Å². The highest BCUT2D eigenvalue weighted by atomic mass is 31.2. The predicted octanol–water partition coefficient (Wildman–Crippen LogP) is 2.78. The van der Waals surface area contributed by atoms with E-state index in [2.05, 4.69) is 4.74 Å². The summed E-state index contributed by atoms with van der Waals surface area (Å²) in [4.78, 5) is 23.6. The summed E-state index contributed by atoms with van der Waals surface area (Å²) in [6.07, 6.45) is 0. The number of hydrogen-bond donors (Lipinski definition) is 0. The van der Waals surface area contributed by atoms with E-state index < -0.39 is 19.1 Å². The summed E-state index contributed by atoms with van der Waals surface area (Å²) in [5.74, 6) is -0.724. The Morgan fingerprint density at radius 1 is 1.25 bits per heavy atom. The van der Waals surface area contributed by atoms with Crippen LogP contribution in [0.25, 0.3) is 0 Å². The summed E-state index contributed by atoms with van der Waals surface area (Å²) in [7, 11) is -2.75. The van der Waals surface area contributed by atoms with Gasteiger partial charge < -0.3 is 18.2 Å². The number of carbonyl (C=O) groups is 2. The molecule has 0 unspecified atom stereocenters. The minimum Gasteiger partial charge on any atom is -0.463 e. The van der Waals surface area contributed by atoms with Gasteiger partial charge in [-0.15, -0.1) is 0 Å². The third-order valence-electron chi connectivity index (χ3n) is 2.38. The summed E-state index contributed by atoms with van der Waals surface area (Å²) in [6.45, 7) is 4.79. The van der Waals surface area contributed by atoms with Crippen LogP contribution in [0.2, 0.25) is 0 Å². The Bertz CT molecular complexity index is 536. The number of carbonyl (C=O) groups excluding carboxylic acids is 2. The van der Waals surface area contributed by atoms with E-state index in [9.17, 15) is 14.2 Å². The molecule has 0 saturated carbocycles. The van der Waals surface area contributed by atoms with Gasteiger partial charge in [0.1, 0.15) is 5.76 Å². The molecule has 0 N–H and O–H groups in total. The van der Waals surface area contributed by atoms with Gasteiger partial charge >= 0.3 is 13.6 Å². The van der Waals surface area contributed by atoms with E-state index in [0.717, 1.165) is 0 Å². The molecule has 0 aliphatic rings. The van der Waals surface area contributed by atoms with Crippen LogP contribution >= 0.6 is 7.60 Å². The molecule has 0 aliphatic carbocycles. The van der Waals surface area contributed by atoms with Crippen LogP contribution in [0.1, 0.15) is 40.5 Å². The second kappa shape index (κ2) is 6.83. The molecule has 0 atom stereocenters. The van der Waals surface area contributed by atoms with Crippen LogP contribution < -0.4 is 0 Å². The van der Waals surface area contributed by atoms with E-state index in [1.807, 2.05) is 0 Å². The van der Waals surface area contributed by atoms with Crippen LogP contribution in [-0.4, -0.2) is 31.8 Å². The van der Waals surface area contributed by atoms with Crippen molar-refractivity contribution in [1.82, 2.24) is 0 Å². The average molecular weight is 304 g/mol. The Hall–Kier alpha value is -1.43. The van der Waals surface area contributed by atoms with Crippen LogP contribution in [0.5, 0.6) is 0 Å². The van der Waals surface area contributed by atoms with Crippen LogP contribution in [0, 0.1) is 6.92 Å². The quantitative estimate of drug-likeness (QED) is 0.565. The van der Waals surface area contributed by atoms with Crippen molar-refractivity contribution >= 4 is 19.1 Å². The Labute approximate surface area is 116 Å². The summed E-state index contributed by atoms with van der Waals surface area (Å²) in [5, 5.41) is 0. The summed E-state index contributed by atoms with van der Waals surface area (Å²) < 4.78 is 31.9. The van der Waals surface area contributed by atoms with Gasteiger partial charge in [0.2, 0.25) is 5.76 Å². The zero-order valence-electron chi connectivity index (χ0n) is 11.8. The lowest BCUT2D eigenvalue weighted by Gasteiger charge is -2.14. The van der Waals surface area contributed by atoms with E-state index in [1.54, 1.807) is 13.8 Å². The van der Waals surface area contributed by atoms with Gasteiger partial charge in [-0.05, 0) is 20.8 Å². The molecular weight excluding hydrogens is 287 g/mol. The van der Waals surface area contributed by atoms with Crippen molar-refractivity contribution in [1.29, 1.82) is 0 Å². The maximum Gasteiger partial charge on any atom is 0.401 e. The highest BCUT2D eigenvalue weighted by molar-refractivity contribution is 7.72. The zero-order chi connectivity index (χ0) is 15.3. The molecule has 0 bridgehead atoms. The van der Waals surface area contributed by atoms with Crippen molar-refractivity contribution in [2.24, 2.45) is 0 Å². The first-order valence-corrected chi connectivity index (χ1v) is 7.56. The van der Waals surface area contributed by atoms with E-state index >= 15 is 0 Å². The summed E-state index contributed by atoms with van der Waals surface area (Å²) >= 11 is 0. The second-order valence-corrected chi connectivity index (χ2v) is 5.63. The van der Waals surface area contributed by atoms with E-state index in [4.69, 9.17) is 13.5 Å². The van der Waals surface area contributed by atoms with Crippen LogP contribution in [0.4, 0.5) is 0 Å². The molecule has 112 valence electrons. The Kier molecular flexibility index (Phi) is 5.68. The third kappa shape index (κ3) is 3.36. The fourth-order valence-corrected chi connectivity index (χ4v) is 3.04. The molecule has 1 aromatic rings. The first-order chi connectivity index (χ1) is 9.39. The summed E-state index contributed by atoms with van der Waals surface area (Å²) in [6, 6.07) is 1.17. The first-order valence-electron chi connectivity index (χ1n) is 6.02. The zero-order valence-corrected chi connectivity index (χ0v) is 12.7. The number of aryl methyl sites for hydroxylation is 1. The molecule has 0 amide bonds. The fourth-order valence-electron chi connectivity index (χ4n) is 1.54. The maximum atomic E-state index is 12.4. The van der Waals surface area contributed by atoms with Crippen molar-refractivity contribution in [2.75, 3.05) is 20.3 Å². The van der Waals surface area contributed by atoms with Gasteiger partial charge in [-0.25, -0.2) is 4.79 Å². The number of methoxy groups -OCH3 is 1. The number of rotatable bonds is 7. The molecule has 0 saturated heterocycles. The second-order valence-electron chi connectivity index (χ2n) is 3.71. The minimum atomic E-state index is -3.94. The van der Waals surface area contributed by atoms with Crippen molar-refractivity contribution in [2.45, 2.75) is 20.8 Å². The lowest BCUT2D eigenvalue weighted by Crippen LogP contribution is -2.08. The molecule has 8 heteroatoms. The van der Waals surface area contributed by atoms with Crippen molar-refractivity contribution < 1.29 is 32.4 Å². The predicted molar refractivity (Wildman–Crippen MR) is 70.0 cm³/mol. The lowest BCUT2D eigenvalue weighted by molar-refractivity contribution is 0.0563. The van der Waals surface area contributed by atoms with Crippen molar-refractivity contribution in [3.05, 3.63) is 23.2 Å². The molecule has 0 spiro atoms. The SMILES string of the molecule is CCOP(=O)(OCC)C(=O)c1cc(C(=O)OC)oc1C. The third-order valence-corrected chi connectivity index (χ3v) is 4.32. The van der Waals surface area contributed by atoms with Gasteiger partial charge in [-0.3, -0.25) is 9.36 Å². The van der Waals surface area contributed by atoms with Gasteiger partial charge in [0, 0.05) is 6.07 Å². The molecule has 20 heavy (non-hydrogen) atoms. The topological polar surface area (TPSA) is 92.0 Å². The number of esters is 1. The maximum absolute atomic E-state index is 12.4. The van der Waals surface area contributed by atoms with Crippen molar-refractivity contribution in [3.8, 4) is 0 Å². The largest absolute Gasteiger partial charge is 0.463 e. The minimum absolute atomic E-state index is 0.0179. The Morgan fingerprint density at radius 2 is 1.80 bits per heavy atom. The Balaban J connectivity index is 3.16. The van der Waals surface area contributed by atoms with Crippen LogP contribution in [-0.2, 0) is 18.3 Å². The van der Waals surface area contributed by atoms with Gasteiger partial charge in [-0.1, -0.05) is 0 Å². The highest BCUT2D eigenvalue weighted by Gasteiger charge is 2.38. The van der Waals surface area contributed by atoms with Gasteiger partial charge in [0.25, 0.3) is 5.52 Å². The Morgan fingerprint density at radius 3 is 2.25 bits per heavy atom. The lowest BCUT2D eigenvalue weighted by atomic mass is 10.3. The monoisotopic (exact) mass is 304 g/mol. The molecule has 7 nitrogen and oxygen atoms in total. The van der Waals surface area contributed by atoms with Crippen LogP contribution in [0.15, 0.2) is 10.5 Å². The number of hydrogen-bond acceptors (Lipinski definition) is 7. The average Bonchev–Trinajstić information content (AvgIpc) is 2.79. The first kappa shape index (κ1) is 16.6. The van der Waals surface area contributed by atoms with Gasteiger partial charge in [0.15, 0.2) is 0 Å². The normalized spacial score (nSPS) is 11.4. The van der Waals surface area contributed by atoms with Gasteiger partial charge in [0.05, 0.1) is 25.9 Å². The fraction of sp³-hybridized carbons (Fsp3) is 0.500. The van der Waals surface area contributed by atoms with Crippen molar-refractivity contribution in [3.63, 3.8) is 0 Å². The standard InChI is InChI=1S/C12H17O7P/c1-5-17-20(15,18-6-2)12(14)9-7-10(11(13)16-4)19-8(9)3/h7H,5-6H2,1-4H3. The smallest absolute Gasteiger partial charge is 0.401 e. The van der Waals surface area contributed by atoms with E-state index in [-0.39, 0.29) is 30.3 Å².